The van der Waals surface area contributed by atoms with Gasteiger partial charge in [0, 0.05) is 5.69 Å². The molecule has 3 N–H and O–H groups in total. The van der Waals surface area contributed by atoms with Gasteiger partial charge in [-0.1, -0.05) is 42.5 Å². The number of methoxy groups -OCH3 is 1. The lowest BCUT2D eigenvalue weighted by Crippen LogP contribution is -2.51. The van der Waals surface area contributed by atoms with Crippen molar-refractivity contribution in [2.45, 2.75) is 44.1 Å². The lowest BCUT2D eigenvalue weighted by atomic mass is 9.79. The molecule has 1 aromatic rings. The highest BCUT2D eigenvalue weighted by Crippen LogP contribution is 2.33. The predicted octanol–water partition coefficient (Wildman–Crippen LogP) is 3.57. The minimum absolute atomic E-state index is 0.149. The van der Waals surface area contributed by atoms with Crippen LogP contribution in [0.2, 0.25) is 10.0 Å². The van der Waals surface area contributed by atoms with Gasteiger partial charge in [0.05, 0.1) is 34.7 Å². The van der Waals surface area contributed by atoms with Crippen molar-refractivity contribution < 1.29 is 14.3 Å². The Hall–Kier alpha value is -1.46. The number of hydrogen-bond donors (Lipinski definition) is 2. The van der Waals surface area contributed by atoms with Gasteiger partial charge in [0.25, 0.3) is 5.91 Å². The van der Waals surface area contributed by atoms with E-state index >= 15 is 0 Å². The number of benzene rings is 1. The Morgan fingerprint density at radius 1 is 1.22 bits per heavy atom. The molecule has 1 aromatic carbocycles. The van der Waals surface area contributed by atoms with Crippen molar-refractivity contribution in [3.8, 4) is 0 Å². The van der Waals surface area contributed by atoms with Crippen molar-refractivity contribution in [3.63, 3.8) is 0 Å². The molecule has 0 spiro atoms. The monoisotopic (exact) mass is 358 g/mol. The summed E-state index contributed by atoms with van der Waals surface area (Å²) in [7, 11) is 1.34. The summed E-state index contributed by atoms with van der Waals surface area (Å²) in [5, 5.41) is 3.53. The van der Waals surface area contributed by atoms with Gasteiger partial charge in [-0.15, -0.1) is 0 Å². The van der Waals surface area contributed by atoms with Gasteiger partial charge in [-0.2, -0.15) is 0 Å². The fourth-order valence-electron chi connectivity index (χ4n) is 2.99. The van der Waals surface area contributed by atoms with Crippen molar-refractivity contribution in [2.75, 3.05) is 12.8 Å². The van der Waals surface area contributed by atoms with Crippen LogP contribution in [0.15, 0.2) is 12.1 Å². The summed E-state index contributed by atoms with van der Waals surface area (Å²) in [6, 6.07) is 2.90. The molecule has 7 heteroatoms. The zero-order chi connectivity index (χ0) is 17.0. The minimum atomic E-state index is -0.596. The van der Waals surface area contributed by atoms with Gasteiger partial charge < -0.3 is 15.8 Å². The number of esters is 1. The number of hydrogen-bond acceptors (Lipinski definition) is 4. The first-order valence-electron chi connectivity index (χ1n) is 7.51. The highest BCUT2D eigenvalue weighted by molar-refractivity contribution is 6.42. The molecule has 0 atom stereocenters. The Morgan fingerprint density at radius 2 is 1.83 bits per heavy atom. The van der Waals surface area contributed by atoms with E-state index in [0.29, 0.717) is 5.02 Å². The number of halogens is 2. The Balaban J connectivity index is 2.24. The topological polar surface area (TPSA) is 81.4 Å². The first-order valence-corrected chi connectivity index (χ1v) is 8.26. The molecular formula is C16H20Cl2N2O3. The van der Waals surface area contributed by atoms with E-state index in [1.54, 1.807) is 0 Å². The molecule has 0 aromatic heterocycles. The molecular weight excluding hydrogens is 339 g/mol. The summed E-state index contributed by atoms with van der Waals surface area (Å²) in [5.41, 5.74) is 5.78. The van der Waals surface area contributed by atoms with E-state index in [0.717, 1.165) is 32.1 Å². The maximum absolute atomic E-state index is 12.6. The summed E-state index contributed by atoms with van der Waals surface area (Å²) < 4.78 is 4.77. The quantitative estimate of drug-likeness (QED) is 0.636. The average Bonchev–Trinajstić information content (AvgIpc) is 2.51. The number of amides is 1. The maximum Gasteiger partial charge on any atom is 0.307 e. The summed E-state index contributed by atoms with van der Waals surface area (Å²) in [4.78, 5) is 24.4. The van der Waals surface area contributed by atoms with Crippen LogP contribution in [-0.2, 0) is 9.53 Å². The lowest BCUT2D eigenvalue weighted by molar-refractivity contribution is -0.142. The predicted molar refractivity (Wildman–Crippen MR) is 90.8 cm³/mol. The molecule has 0 radical (unpaired) electrons. The molecule has 0 bridgehead atoms. The van der Waals surface area contributed by atoms with Gasteiger partial charge in [-0.3, -0.25) is 9.59 Å². The van der Waals surface area contributed by atoms with E-state index in [-0.39, 0.29) is 34.6 Å². The number of ether oxygens (including phenoxy) is 1. The Labute approximate surface area is 145 Å². The van der Waals surface area contributed by atoms with Crippen LogP contribution in [0.3, 0.4) is 0 Å². The Morgan fingerprint density at radius 3 is 2.43 bits per heavy atom. The van der Waals surface area contributed by atoms with Gasteiger partial charge in [-0.25, -0.2) is 0 Å². The highest BCUT2D eigenvalue weighted by Gasteiger charge is 2.36. The van der Waals surface area contributed by atoms with Gasteiger partial charge in [-0.05, 0) is 25.0 Å². The number of nitrogens with two attached hydrogens (primary N) is 1. The first kappa shape index (κ1) is 17.9. The number of nitrogen functional groups attached to an aromatic ring is 1. The number of carbonyl (C=O) groups is 2. The third-order valence-corrected chi connectivity index (χ3v) is 4.96. The van der Waals surface area contributed by atoms with Crippen LogP contribution in [0.1, 0.15) is 48.9 Å². The van der Waals surface area contributed by atoms with Crippen LogP contribution in [-0.4, -0.2) is 24.5 Å². The second kappa shape index (κ2) is 7.41. The first-order chi connectivity index (χ1) is 10.9. The van der Waals surface area contributed by atoms with Gasteiger partial charge in [0.1, 0.15) is 0 Å². The summed E-state index contributed by atoms with van der Waals surface area (Å²) in [6.45, 7) is 0. The van der Waals surface area contributed by atoms with Gasteiger partial charge in [0.15, 0.2) is 0 Å². The highest BCUT2D eigenvalue weighted by atomic mass is 35.5. The molecule has 0 unspecified atom stereocenters. The normalized spacial score (nSPS) is 16.7. The van der Waals surface area contributed by atoms with Gasteiger partial charge >= 0.3 is 5.97 Å². The van der Waals surface area contributed by atoms with E-state index < -0.39 is 5.54 Å². The van der Waals surface area contributed by atoms with Crippen LogP contribution in [0, 0.1) is 0 Å². The number of rotatable bonds is 4. The largest absolute Gasteiger partial charge is 0.469 e. The molecule has 5 nitrogen and oxygen atoms in total. The maximum atomic E-state index is 12.6. The van der Waals surface area contributed by atoms with E-state index in [1.165, 1.54) is 19.2 Å². The fraction of sp³-hybridized carbons (Fsp3) is 0.500. The second-order valence-electron chi connectivity index (χ2n) is 5.90. The smallest absolute Gasteiger partial charge is 0.307 e. The summed E-state index contributed by atoms with van der Waals surface area (Å²) in [5.74, 6) is -0.693. The molecule has 1 fully saturated rings. The van der Waals surface area contributed by atoms with Crippen molar-refractivity contribution >= 4 is 40.8 Å². The standard InChI is InChI=1S/C16H20Cl2N2O3/c1-23-14(21)9-16(5-3-2-4-6-16)20-15(22)10-7-11(17)12(18)8-13(10)19/h7-8H,2-6,9,19H2,1H3,(H,20,22). The number of carbonyl (C=O) groups excluding carboxylic acids is 2. The SMILES string of the molecule is COC(=O)CC1(NC(=O)c2cc(Cl)c(Cl)cc2N)CCCCC1. The molecule has 1 aliphatic carbocycles. The molecule has 2 rings (SSSR count). The van der Waals surface area contributed by atoms with E-state index in [2.05, 4.69) is 5.32 Å². The molecule has 1 amide bonds. The number of nitrogens with one attached hydrogen (secondary N) is 1. The minimum Gasteiger partial charge on any atom is -0.469 e. The number of anilines is 1. The summed E-state index contributed by atoms with van der Waals surface area (Å²) in [6.07, 6.45) is 4.61. The van der Waals surface area contributed by atoms with Gasteiger partial charge in [0.2, 0.25) is 0 Å². The Kier molecular flexibility index (Phi) is 5.76. The second-order valence-corrected chi connectivity index (χ2v) is 6.72. The van der Waals surface area contributed by atoms with Crippen LogP contribution < -0.4 is 11.1 Å². The third kappa shape index (κ3) is 4.30. The van der Waals surface area contributed by atoms with Crippen LogP contribution in [0.5, 0.6) is 0 Å². The zero-order valence-electron chi connectivity index (χ0n) is 13.0. The van der Waals surface area contributed by atoms with Crippen LogP contribution >= 0.6 is 23.2 Å². The summed E-state index contributed by atoms with van der Waals surface area (Å²) >= 11 is 11.9. The van der Waals surface area contributed by atoms with Crippen molar-refractivity contribution in [3.05, 3.63) is 27.7 Å². The van der Waals surface area contributed by atoms with E-state index in [1.807, 2.05) is 0 Å². The van der Waals surface area contributed by atoms with E-state index in [9.17, 15) is 9.59 Å². The molecule has 0 aliphatic heterocycles. The third-order valence-electron chi connectivity index (χ3n) is 4.24. The molecule has 0 heterocycles. The molecule has 1 saturated carbocycles. The van der Waals surface area contributed by atoms with Crippen molar-refractivity contribution in [1.29, 1.82) is 0 Å². The van der Waals surface area contributed by atoms with Crippen LogP contribution in [0.25, 0.3) is 0 Å². The molecule has 1 aliphatic rings. The average molecular weight is 359 g/mol. The van der Waals surface area contributed by atoms with Crippen LogP contribution in [0.4, 0.5) is 5.69 Å². The fourth-order valence-corrected chi connectivity index (χ4v) is 3.33. The Bertz CT molecular complexity index is 614. The lowest BCUT2D eigenvalue weighted by Gasteiger charge is -2.37. The molecule has 126 valence electrons. The van der Waals surface area contributed by atoms with Crippen molar-refractivity contribution in [2.24, 2.45) is 0 Å². The zero-order valence-corrected chi connectivity index (χ0v) is 14.5. The van der Waals surface area contributed by atoms with E-state index in [4.69, 9.17) is 33.7 Å². The molecule has 0 saturated heterocycles. The van der Waals surface area contributed by atoms with Crippen molar-refractivity contribution in [1.82, 2.24) is 5.32 Å². The molecule has 23 heavy (non-hydrogen) atoms.